The Labute approximate surface area is 158 Å². The Morgan fingerprint density at radius 2 is 1.81 bits per heavy atom. The molecule has 3 rings (SSSR count). The van der Waals surface area contributed by atoms with Crippen LogP contribution in [0.1, 0.15) is 32.6 Å². The van der Waals surface area contributed by atoms with Crippen molar-refractivity contribution >= 4 is 22.7 Å². The van der Waals surface area contributed by atoms with E-state index in [-0.39, 0.29) is 5.56 Å². The molecule has 0 saturated carbocycles. The van der Waals surface area contributed by atoms with Crippen molar-refractivity contribution in [1.29, 1.82) is 0 Å². The number of unbranched alkanes of at least 4 members (excludes halogenated alkanes) is 3. The number of nitrogens with zero attached hydrogens (tertiary/aromatic N) is 2. The van der Waals surface area contributed by atoms with E-state index in [1.54, 1.807) is 23.4 Å². The van der Waals surface area contributed by atoms with Crippen molar-refractivity contribution in [3.8, 4) is 11.4 Å². The average molecular weight is 369 g/mol. The van der Waals surface area contributed by atoms with E-state index in [0.717, 1.165) is 28.5 Å². The van der Waals surface area contributed by atoms with Gasteiger partial charge in [-0.15, -0.1) is 0 Å². The Hall–Kier alpha value is -2.27. The monoisotopic (exact) mass is 368 g/mol. The van der Waals surface area contributed by atoms with E-state index in [1.807, 2.05) is 48.5 Å². The summed E-state index contributed by atoms with van der Waals surface area (Å²) in [4.78, 5) is 18.0. The van der Waals surface area contributed by atoms with Crippen LogP contribution in [0.4, 0.5) is 0 Å². The summed E-state index contributed by atoms with van der Waals surface area (Å²) in [5, 5.41) is 1.34. The lowest BCUT2D eigenvalue weighted by Crippen LogP contribution is -2.22. The number of benzene rings is 2. The second-order valence-corrected chi connectivity index (χ2v) is 7.20. The summed E-state index contributed by atoms with van der Waals surface area (Å²) in [6.45, 7) is 2.21. The molecule has 0 saturated heterocycles. The topological polar surface area (TPSA) is 44.1 Å². The first-order chi connectivity index (χ1) is 12.8. The molecule has 0 aliphatic rings. The van der Waals surface area contributed by atoms with Crippen molar-refractivity contribution in [1.82, 2.24) is 9.55 Å². The van der Waals surface area contributed by atoms with Crippen LogP contribution >= 0.6 is 11.8 Å². The Bertz CT molecular complexity index is 937. The smallest absolute Gasteiger partial charge is 0.266 e. The van der Waals surface area contributed by atoms with Gasteiger partial charge in [0.15, 0.2) is 5.16 Å². The van der Waals surface area contributed by atoms with E-state index in [4.69, 9.17) is 9.72 Å². The van der Waals surface area contributed by atoms with Gasteiger partial charge in [0.1, 0.15) is 5.75 Å². The van der Waals surface area contributed by atoms with Crippen molar-refractivity contribution in [3.05, 3.63) is 58.9 Å². The van der Waals surface area contributed by atoms with E-state index in [1.165, 1.54) is 19.3 Å². The highest BCUT2D eigenvalue weighted by atomic mass is 32.2. The van der Waals surface area contributed by atoms with Gasteiger partial charge in [-0.05, 0) is 30.7 Å². The number of thioether (sulfide) groups is 1. The Kier molecular flexibility index (Phi) is 6.34. The standard InChI is InChI=1S/C21H24N2O2S/c1-3-4-5-10-15-26-21-22-17-12-7-6-11-16(17)20(24)23(21)18-13-8-9-14-19(18)25-2/h6-9,11-14H,3-5,10,15H2,1-2H3. The summed E-state index contributed by atoms with van der Waals surface area (Å²) < 4.78 is 7.17. The lowest BCUT2D eigenvalue weighted by atomic mass is 10.2. The van der Waals surface area contributed by atoms with Crippen LogP contribution in [0.3, 0.4) is 0 Å². The van der Waals surface area contributed by atoms with Gasteiger partial charge in [-0.25, -0.2) is 4.98 Å². The normalized spacial score (nSPS) is 11.0. The molecule has 26 heavy (non-hydrogen) atoms. The number of aromatic nitrogens is 2. The van der Waals surface area contributed by atoms with Gasteiger partial charge >= 0.3 is 0 Å². The third-order valence-electron chi connectivity index (χ3n) is 4.30. The van der Waals surface area contributed by atoms with Crippen molar-refractivity contribution in [2.24, 2.45) is 0 Å². The van der Waals surface area contributed by atoms with E-state index in [0.29, 0.717) is 11.1 Å². The van der Waals surface area contributed by atoms with Crippen LogP contribution in [0.15, 0.2) is 58.5 Å². The zero-order valence-corrected chi connectivity index (χ0v) is 16.1. The number of hydrogen-bond acceptors (Lipinski definition) is 4. The van der Waals surface area contributed by atoms with E-state index in [2.05, 4.69) is 6.92 Å². The molecule has 0 N–H and O–H groups in total. The number of para-hydroxylation sites is 3. The Morgan fingerprint density at radius 1 is 1.04 bits per heavy atom. The first-order valence-electron chi connectivity index (χ1n) is 9.04. The van der Waals surface area contributed by atoms with Gasteiger partial charge in [0.25, 0.3) is 5.56 Å². The average Bonchev–Trinajstić information content (AvgIpc) is 2.68. The summed E-state index contributed by atoms with van der Waals surface area (Å²) in [5.41, 5.74) is 1.41. The molecule has 136 valence electrons. The molecule has 2 aromatic carbocycles. The molecule has 1 aromatic heterocycles. The predicted molar refractivity (Wildman–Crippen MR) is 109 cm³/mol. The molecule has 3 aromatic rings. The molecule has 0 radical (unpaired) electrons. The summed E-state index contributed by atoms with van der Waals surface area (Å²) in [7, 11) is 1.62. The number of methoxy groups -OCH3 is 1. The minimum Gasteiger partial charge on any atom is -0.495 e. The van der Waals surface area contributed by atoms with Crippen LogP contribution in [0, 0.1) is 0 Å². The van der Waals surface area contributed by atoms with Crippen LogP contribution in [0.2, 0.25) is 0 Å². The van der Waals surface area contributed by atoms with Crippen molar-refractivity contribution in [3.63, 3.8) is 0 Å². The highest BCUT2D eigenvalue weighted by molar-refractivity contribution is 7.99. The fourth-order valence-corrected chi connectivity index (χ4v) is 3.93. The van der Waals surface area contributed by atoms with Crippen molar-refractivity contribution in [2.75, 3.05) is 12.9 Å². The first-order valence-corrected chi connectivity index (χ1v) is 10.0. The quantitative estimate of drug-likeness (QED) is 0.316. The summed E-state index contributed by atoms with van der Waals surface area (Å²) in [6.07, 6.45) is 4.78. The minimum absolute atomic E-state index is 0.0591. The van der Waals surface area contributed by atoms with E-state index in [9.17, 15) is 4.79 Å². The minimum atomic E-state index is -0.0591. The van der Waals surface area contributed by atoms with Crippen LogP contribution in [0.5, 0.6) is 5.75 Å². The molecule has 0 unspecified atom stereocenters. The molecule has 0 amide bonds. The third-order valence-corrected chi connectivity index (χ3v) is 5.32. The maximum absolute atomic E-state index is 13.2. The Balaban J connectivity index is 2.07. The second-order valence-electron chi connectivity index (χ2n) is 6.13. The molecule has 0 bridgehead atoms. The summed E-state index contributed by atoms with van der Waals surface area (Å²) in [6, 6.07) is 15.1. The fourth-order valence-electron chi connectivity index (χ4n) is 2.93. The number of fused-ring (bicyclic) bond motifs is 1. The van der Waals surface area contributed by atoms with Gasteiger partial charge in [-0.2, -0.15) is 0 Å². The largest absolute Gasteiger partial charge is 0.495 e. The third kappa shape index (κ3) is 3.93. The van der Waals surface area contributed by atoms with E-state index >= 15 is 0 Å². The molecule has 0 fully saturated rings. The maximum atomic E-state index is 13.2. The van der Waals surface area contributed by atoms with E-state index < -0.39 is 0 Å². The molecule has 4 nitrogen and oxygen atoms in total. The first kappa shape index (κ1) is 18.5. The zero-order valence-electron chi connectivity index (χ0n) is 15.3. The van der Waals surface area contributed by atoms with Gasteiger partial charge in [-0.1, -0.05) is 62.2 Å². The van der Waals surface area contributed by atoms with Gasteiger partial charge < -0.3 is 4.74 Å². The molecular formula is C21H24N2O2S. The molecular weight excluding hydrogens is 344 g/mol. The van der Waals surface area contributed by atoms with Crippen LogP contribution in [-0.2, 0) is 0 Å². The maximum Gasteiger partial charge on any atom is 0.266 e. The molecule has 1 heterocycles. The van der Waals surface area contributed by atoms with Gasteiger partial charge in [0.2, 0.25) is 0 Å². The molecule has 0 spiro atoms. The SMILES string of the molecule is CCCCCCSc1nc2ccccc2c(=O)n1-c1ccccc1OC. The number of rotatable bonds is 8. The molecule has 5 heteroatoms. The Morgan fingerprint density at radius 3 is 2.62 bits per heavy atom. The predicted octanol–water partition coefficient (Wildman–Crippen LogP) is 5.07. The lowest BCUT2D eigenvalue weighted by molar-refractivity contribution is 0.411. The van der Waals surface area contributed by atoms with Gasteiger partial charge in [0, 0.05) is 5.75 Å². The zero-order chi connectivity index (χ0) is 18.4. The van der Waals surface area contributed by atoms with Gasteiger partial charge in [-0.3, -0.25) is 9.36 Å². The van der Waals surface area contributed by atoms with Crippen molar-refractivity contribution < 1.29 is 4.74 Å². The summed E-state index contributed by atoms with van der Waals surface area (Å²) >= 11 is 1.64. The van der Waals surface area contributed by atoms with Crippen LogP contribution < -0.4 is 10.3 Å². The van der Waals surface area contributed by atoms with Crippen LogP contribution in [0.25, 0.3) is 16.6 Å². The number of hydrogen-bond donors (Lipinski definition) is 0. The number of ether oxygens (including phenoxy) is 1. The molecule has 0 atom stereocenters. The highest BCUT2D eigenvalue weighted by Gasteiger charge is 2.15. The molecule has 0 aliphatic heterocycles. The fraction of sp³-hybridized carbons (Fsp3) is 0.333. The van der Waals surface area contributed by atoms with Crippen LogP contribution in [-0.4, -0.2) is 22.4 Å². The van der Waals surface area contributed by atoms with Gasteiger partial charge in [0.05, 0.1) is 23.7 Å². The lowest BCUT2D eigenvalue weighted by Gasteiger charge is -2.15. The highest BCUT2D eigenvalue weighted by Crippen LogP contribution is 2.27. The summed E-state index contributed by atoms with van der Waals surface area (Å²) in [5.74, 6) is 1.61. The molecule has 0 aliphatic carbocycles. The van der Waals surface area contributed by atoms with Crippen molar-refractivity contribution in [2.45, 2.75) is 37.8 Å². The second kappa shape index (κ2) is 8.90.